The molecule has 1 unspecified atom stereocenters. The summed E-state index contributed by atoms with van der Waals surface area (Å²) >= 11 is 1.16. The zero-order valence-electron chi connectivity index (χ0n) is 14.5. The Morgan fingerprint density at radius 3 is 2.37 bits per heavy atom. The van der Waals surface area contributed by atoms with Gasteiger partial charge in [0.1, 0.15) is 16.7 Å². The van der Waals surface area contributed by atoms with Gasteiger partial charge in [-0.3, -0.25) is 4.79 Å². The van der Waals surface area contributed by atoms with Crippen LogP contribution in [0.3, 0.4) is 0 Å². The Labute approximate surface area is 160 Å². The number of thiazole rings is 1. The Balaban J connectivity index is 2.29. The monoisotopic (exact) mass is 405 g/mol. The van der Waals surface area contributed by atoms with Gasteiger partial charge in [-0.05, 0) is 30.7 Å². The maximum Gasteiger partial charge on any atom is 0.313 e. The van der Waals surface area contributed by atoms with Crippen molar-refractivity contribution < 1.29 is 22.7 Å². The standard InChI is InChI=1S/C19H16FNO4S2/c1-11(19(22)23)18-21-16(14-5-3-4-6-15(14)27(2,24)25)17(26-18)12-7-9-13(20)10-8-12/h3-11H,1-2H3,(H,22,23). The average molecular weight is 405 g/mol. The SMILES string of the molecule is CC(C(=O)O)c1nc(-c2ccccc2S(C)(=O)=O)c(-c2ccc(F)cc2)s1. The molecule has 140 valence electrons. The van der Waals surface area contributed by atoms with Gasteiger partial charge in [-0.1, -0.05) is 30.3 Å². The van der Waals surface area contributed by atoms with Gasteiger partial charge in [-0.25, -0.2) is 17.8 Å². The van der Waals surface area contributed by atoms with Crippen molar-refractivity contribution in [1.29, 1.82) is 0 Å². The summed E-state index contributed by atoms with van der Waals surface area (Å²) in [6, 6.07) is 12.1. The molecule has 1 N–H and O–H groups in total. The van der Waals surface area contributed by atoms with Crippen molar-refractivity contribution in [3.8, 4) is 21.7 Å². The third-order valence-electron chi connectivity index (χ3n) is 4.03. The highest BCUT2D eigenvalue weighted by Crippen LogP contribution is 2.41. The van der Waals surface area contributed by atoms with Crippen molar-refractivity contribution in [2.45, 2.75) is 17.7 Å². The summed E-state index contributed by atoms with van der Waals surface area (Å²) in [4.78, 5) is 16.5. The van der Waals surface area contributed by atoms with E-state index in [1.165, 1.54) is 25.1 Å². The molecule has 0 fully saturated rings. The van der Waals surface area contributed by atoms with Crippen LogP contribution < -0.4 is 0 Å². The Hall–Kier alpha value is -2.58. The van der Waals surface area contributed by atoms with Gasteiger partial charge in [0.15, 0.2) is 9.84 Å². The van der Waals surface area contributed by atoms with E-state index in [1.807, 2.05) is 0 Å². The normalized spacial score (nSPS) is 12.7. The molecule has 0 radical (unpaired) electrons. The number of hydrogen-bond donors (Lipinski definition) is 1. The predicted molar refractivity (Wildman–Crippen MR) is 102 cm³/mol. The smallest absolute Gasteiger partial charge is 0.313 e. The molecule has 1 heterocycles. The molecular formula is C19H16FNO4S2. The molecule has 8 heteroatoms. The van der Waals surface area contributed by atoms with Crippen molar-refractivity contribution in [3.63, 3.8) is 0 Å². The first-order valence-corrected chi connectivity index (χ1v) is 10.7. The van der Waals surface area contributed by atoms with Gasteiger partial charge in [0.25, 0.3) is 0 Å². The van der Waals surface area contributed by atoms with Gasteiger partial charge in [-0.15, -0.1) is 11.3 Å². The number of aliphatic carboxylic acids is 1. The highest BCUT2D eigenvalue weighted by Gasteiger charge is 2.25. The van der Waals surface area contributed by atoms with E-state index in [1.54, 1.807) is 30.3 Å². The molecule has 27 heavy (non-hydrogen) atoms. The third kappa shape index (κ3) is 3.91. The van der Waals surface area contributed by atoms with Gasteiger partial charge in [0.05, 0.1) is 15.5 Å². The summed E-state index contributed by atoms with van der Waals surface area (Å²) in [5.41, 5.74) is 1.39. The van der Waals surface area contributed by atoms with E-state index < -0.39 is 27.5 Å². The zero-order chi connectivity index (χ0) is 19.8. The molecule has 2 aromatic carbocycles. The topological polar surface area (TPSA) is 84.3 Å². The molecule has 0 aliphatic heterocycles. The van der Waals surface area contributed by atoms with Crippen molar-refractivity contribution in [1.82, 2.24) is 4.98 Å². The Bertz CT molecular complexity index is 1100. The van der Waals surface area contributed by atoms with E-state index in [0.29, 0.717) is 26.7 Å². The van der Waals surface area contributed by atoms with Crippen molar-refractivity contribution >= 4 is 27.1 Å². The fourth-order valence-corrected chi connectivity index (χ4v) is 4.61. The fourth-order valence-electron chi connectivity index (χ4n) is 2.59. The van der Waals surface area contributed by atoms with Crippen LogP contribution >= 0.6 is 11.3 Å². The number of carboxylic acids is 1. The number of hydrogen-bond acceptors (Lipinski definition) is 5. The van der Waals surface area contributed by atoms with Crippen LogP contribution in [0, 0.1) is 5.82 Å². The van der Waals surface area contributed by atoms with Crippen molar-refractivity contribution in [2.75, 3.05) is 6.26 Å². The van der Waals surface area contributed by atoms with Gasteiger partial charge in [0, 0.05) is 11.8 Å². The number of nitrogens with zero attached hydrogens (tertiary/aromatic N) is 1. The number of benzene rings is 2. The molecule has 0 amide bonds. The molecule has 0 bridgehead atoms. The number of carboxylic acid groups (broad SMARTS) is 1. The molecule has 0 aliphatic carbocycles. The average Bonchev–Trinajstić information content (AvgIpc) is 3.06. The van der Waals surface area contributed by atoms with E-state index in [2.05, 4.69) is 4.98 Å². The van der Waals surface area contributed by atoms with Crippen molar-refractivity contribution in [2.24, 2.45) is 0 Å². The van der Waals surface area contributed by atoms with E-state index in [4.69, 9.17) is 0 Å². The number of halogens is 1. The lowest BCUT2D eigenvalue weighted by Gasteiger charge is -2.08. The minimum atomic E-state index is -3.53. The van der Waals surface area contributed by atoms with E-state index in [0.717, 1.165) is 17.6 Å². The van der Waals surface area contributed by atoms with Gasteiger partial charge < -0.3 is 5.11 Å². The minimum absolute atomic E-state index is 0.105. The quantitative estimate of drug-likeness (QED) is 0.687. The molecule has 1 aromatic heterocycles. The Morgan fingerprint density at radius 2 is 1.78 bits per heavy atom. The van der Waals surface area contributed by atoms with Crippen LogP contribution in [0.1, 0.15) is 17.8 Å². The summed E-state index contributed by atoms with van der Waals surface area (Å²) in [6.45, 7) is 1.52. The predicted octanol–water partition coefficient (Wildman–Crippen LogP) is 4.21. The maximum absolute atomic E-state index is 13.3. The molecule has 0 saturated carbocycles. The second-order valence-corrected chi connectivity index (χ2v) is 9.08. The Kier molecular flexibility index (Phi) is 5.12. The molecule has 5 nitrogen and oxygen atoms in total. The van der Waals surface area contributed by atoms with E-state index in [-0.39, 0.29) is 4.90 Å². The van der Waals surface area contributed by atoms with Crippen LogP contribution in [0.5, 0.6) is 0 Å². The molecule has 0 aliphatic rings. The van der Waals surface area contributed by atoms with Gasteiger partial charge in [-0.2, -0.15) is 0 Å². The first-order chi connectivity index (χ1) is 12.7. The van der Waals surface area contributed by atoms with E-state index in [9.17, 15) is 22.7 Å². The molecule has 3 rings (SSSR count). The summed E-state index contributed by atoms with van der Waals surface area (Å²) in [7, 11) is -3.53. The number of rotatable bonds is 5. The molecule has 3 aromatic rings. The summed E-state index contributed by atoms with van der Waals surface area (Å²) in [6.07, 6.45) is 1.11. The minimum Gasteiger partial charge on any atom is -0.481 e. The van der Waals surface area contributed by atoms with Gasteiger partial charge in [0.2, 0.25) is 0 Å². The molecule has 0 saturated heterocycles. The second kappa shape index (κ2) is 7.21. The van der Waals surface area contributed by atoms with Crippen LogP contribution in [0.4, 0.5) is 4.39 Å². The Morgan fingerprint density at radius 1 is 1.15 bits per heavy atom. The largest absolute Gasteiger partial charge is 0.481 e. The number of aromatic nitrogens is 1. The zero-order valence-corrected chi connectivity index (χ0v) is 16.1. The lowest BCUT2D eigenvalue weighted by Crippen LogP contribution is -2.07. The van der Waals surface area contributed by atoms with Crippen LogP contribution in [-0.2, 0) is 14.6 Å². The molecule has 0 spiro atoms. The summed E-state index contributed by atoms with van der Waals surface area (Å²) in [5, 5.41) is 9.67. The number of carbonyl (C=O) groups is 1. The highest BCUT2D eigenvalue weighted by atomic mass is 32.2. The summed E-state index contributed by atoms with van der Waals surface area (Å²) in [5.74, 6) is -2.29. The van der Waals surface area contributed by atoms with Crippen LogP contribution in [-0.4, -0.2) is 30.7 Å². The van der Waals surface area contributed by atoms with Crippen LogP contribution in [0.15, 0.2) is 53.4 Å². The lowest BCUT2D eigenvalue weighted by atomic mass is 10.1. The first-order valence-electron chi connectivity index (χ1n) is 7.97. The van der Waals surface area contributed by atoms with Crippen molar-refractivity contribution in [3.05, 3.63) is 59.4 Å². The molecule has 1 atom stereocenters. The summed E-state index contributed by atoms with van der Waals surface area (Å²) < 4.78 is 37.7. The number of sulfone groups is 1. The first kappa shape index (κ1) is 19.2. The highest BCUT2D eigenvalue weighted by molar-refractivity contribution is 7.90. The van der Waals surface area contributed by atoms with Crippen LogP contribution in [0.25, 0.3) is 21.7 Å². The second-order valence-electron chi connectivity index (χ2n) is 6.06. The third-order valence-corrected chi connectivity index (χ3v) is 6.47. The fraction of sp³-hybridized carbons (Fsp3) is 0.158. The van der Waals surface area contributed by atoms with Gasteiger partial charge >= 0.3 is 5.97 Å². The molecular weight excluding hydrogens is 389 g/mol. The maximum atomic E-state index is 13.3. The van der Waals surface area contributed by atoms with Crippen LogP contribution in [0.2, 0.25) is 0 Å². The lowest BCUT2D eigenvalue weighted by molar-refractivity contribution is -0.138. The van der Waals surface area contributed by atoms with E-state index >= 15 is 0 Å².